The molecule has 0 aromatic carbocycles. The van der Waals surface area contributed by atoms with Crippen LogP contribution in [0, 0.1) is 0 Å². The molecule has 0 bridgehead atoms. The SMILES string of the molecule is O=C1NCCCCC1NC(c1cccs1)c1ccc(Cl)s1. The molecule has 2 atom stereocenters. The highest BCUT2D eigenvalue weighted by Gasteiger charge is 2.26. The third-order valence-electron chi connectivity index (χ3n) is 3.61. The maximum atomic E-state index is 12.2. The summed E-state index contributed by atoms with van der Waals surface area (Å²) in [6, 6.07) is 7.99. The highest BCUT2D eigenvalue weighted by atomic mass is 35.5. The van der Waals surface area contributed by atoms with E-state index in [0.717, 1.165) is 35.0 Å². The van der Waals surface area contributed by atoms with Crippen molar-refractivity contribution in [3.63, 3.8) is 0 Å². The van der Waals surface area contributed by atoms with Gasteiger partial charge in [-0.05, 0) is 42.8 Å². The van der Waals surface area contributed by atoms with E-state index in [1.807, 2.05) is 18.2 Å². The zero-order valence-corrected chi connectivity index (χ0v) is 13.9. The van der Waals surface area contributed by atoms with Crippen molar-refractivity contribution in [2.75, 3.05) is 6.54 Å². The average Bonchev–Trinajstić information content (AvgIpc) is 3.09. The van der Waals surface area contributed by atoms with E-state index in [2.05, 4.69) is 22.1 Å². The fourth-order valence-electron chi connectivity index (χ4n) is 2.54. The van der Waals surface area contributed by atoms with Crippen LogP contribution in [0.3, 0.4) is 0 Å². The first-order valence-electron chi connectivity index (χ1n) is 7.06. The van der Waals surface area contributed by atoms with Gasteiger partial charge < -0.3 is 5.32 Å². The lowest BCUT2D eigenvalue weighted by atomic mass is 10.1. The molecule has 1 amide bonds. The van der Waals surface area contributed by atoms with Crippen LogP contribution in [-0.2, 0) is 4.79 Å². The maximum absolute atomic E-state index is 12.2. The van der Waals surface area contributed by atoms with E-state index >= 15 is 0 Å². The standard InChI is InChI=1S/C15H17ClN2OS2/c16-13-7-6-12(21-13)14(11-5-3-9-20-11)18-10-4-1-2-8-17-15(10)19/h3,5-7,9-10,14,18H,1-2,4,8H2,(H,17,19). The summed E-state index contributed by atoms with van der Waals surface area (Å²) < 4.78 is 0.777. The number of amides is 1. The second kappa shape index (κ2) is 6.92. The molecule has 1 aliphatic rings. The van der Waals surface area contributed by atoms with Gasteiger partial charge in [-0.2, -0.15) is 0 Å². The monoisotopic (exact) mass is 340 g/mol. The van der Waals surface area contributed by atoms with Gasteiger partial charge in [-0.3, -0.25) is 10.1 Å². The van der Waals surface area contributed by atoms with Gasteiger partial charge in [0.2, 0.25) is 5.91 Å². The predicted molar refractivity (Wildman–Crippen MR) is 89.3 cm³/mol. The van der Waals surface area contributed by atoms with Crippen LogP contribution < -0.4 is 10.6 Å². The largest absolute Gasteiger partial charge is 0.355 e. The normalized spacial score (nSPS) is 20.8. The van der Waals surface area contributed by atoms with Crippen LogP contribution in [0.1, 0.15) is 35.1 Å². The molecule has 2 N–H and O–H groups in total. The first-order valence-corrected chi connectivity index (χ1v) is 9.14. The van der Waals surface area contributed by atoms with Crippen LogP contribution in [0.15, 0.2) is 29.6 Å². The van der Waals surface area contributed by atoms with Gasteiger partial charge in [0.1, 0.15) is 0 Å². The van der Waals surface area contributed by atoms with E-state index in [1.165, 1.54) is 4.88 Å². The minimum Gasteiger partial charge on any atom is -0.355 e. The van der Waals surface area contributed by atoms with Crippen LogP contribution >= 0.6 is 34.3 Å². The topological polar surface area (TPSA) is 41.1 Å². The molecule has 3 nitrogen and oxygen atoms in total. The molecule has 0 radical (unpaired) electrons. The summed E-state index contributed by atoms with van der Waals surface area (Å²) in [5.41, 5.74) is 0. The highest BCUT2D eigenvalue weighted by Crippen LogP contribution is 2.33. The Kier molecular flexibility index (Phi) is 4.95. The Labute approximate surface area is 137 Å². The van der Waals surface area contributed by atoms with Crippen LogP contribution in [0.25, 0.3) is 0 Å². The van der Waals surface area contributed by atoms with Gasteiger partial charge in [0, 0.05) is 16.3 Å². The van der Waals surface area contributed by atoms with Crippen molar-refractivity contribution in [1.29, 1.82) is 0 Å². The first-order chi connectivity index (χ1) is 10.2. The number of carbonyl (C=O) groups is 1. The van der Waals surface area contributed by atoms with Crippen LogP contribution in [0.5, 0.6) is 0 Å². The third kappa shape index (κ3) is 3.66. The smallest absolute Gasteiger partial charge is 0.237 e. The van der Waals surface area contributed by atoms with Gasteiger partial charge in [0.15, 0.2) is 0 Å². The Bertz CT molecular complexity index is 597. The zero-order valence-electron chi connectivity index (χ0n) is 11.5. The number of hydrogen-bond donors (Lipinski definition) is 2. The van der Waals surface area contributed by atoms with Gasteiger partial charge in [0.05, 0.1) is 16.4 Å². The van der Waals surface area contributed by atoms with E-state index in [-0.39, 0.29) is 18.0 Å². The summed E-state index contributed by atoms with van der Waals surface area (Å²) in [7, 11) is 0. The molecule has 0 saturated carbocycles. The first kappa shape index (κ1) is 15.0. The summed E-state index contributed by atoms with van der Waals surface area (Å²) >= 11 is 9.34. The second-order valence-corrected chi connectivity index (χ2v) is 7.82. The van der Waals surface area contributed by atoms with E-state index < -0.39 is 0 Å². The van der Waals surface area contributed by atoms with Gasteiger partial charge in [-0.25, -0.2) is 0 Å². The molecule has 2 unspecified atom stereocenters. The minimum absolute atomic E-state index is 0.0383. The molecule has 2 aromatic rings. The molecule has 2 aromatic heterocycles. The predicted octanol–water partition coefficient (Wildman–Crippen LogP) is 3.81. The molecular formula is C15H17ClN2OS2. The van der Waals surface area contributed by atoms with Crippen molar-refractivity contribution in [3.8, 4) is 0 Å². The molecule has 1 saturated heterocycles. The van der Waals surface area contributed by atoms with Crippen molar-refractivity contribution in [2.24, 2.45) is 0 Å². The minimum atomic E-state index is -0.138. The molecule has 0 spiro atoms. The molecule has 112 valence electrons. The summed E-state index contributed by atoms with van der Waals surface area (Å²) in [5.74, 6) is 0.108. The molecule has 3 heterocycles. The number of halogens is 1. The highest BCUT2D eigenvalue weighted by molar-refractivity contribution is 7.16. The number of rotatable bonds is 4. The molecule has 6 heteroatoms. The number of hydrogen-bond acceptors (Lipinski definition) is 4. The van der Waals surface area contributed by atoms with Gasteiger partial charge in [-0.1, -0.05) is 17.7 Å². The van der Waals surface area contributed by atoms with E-state index in [9.17, 15) is 4.79 Å². The van der Waals surface area contributed by atoms with Crippen molar-refractivity contribution < 1.29 is 4.79 Å². The van der Waals surface area contributed by atoms with E-state index in [1.54, 1.807) is 22.7 Å². The third-order valence-corrected chi connectivity index (χ3v) is 5.84. The number of thiophene rings is 2. The molecule has 1 fully saturated rings. The summed E-state index contributed by atoms with van der Waals surface area (Å²) in [4.78, 5) is 14.5. The Hall–Kier alpha value is -0.880. The van der Waals surface area contributed by atoms with Crippen molar-refractivity contribution in [1.82, 2.24) is 10.6 Å². The zero-order chi connectivity index (χ0) is 14.7. The summed E-state index contributed by atoms with van der Waals surface area (Å²) in [6.45, 7) is 0.783. The van der Waals surface area contributed by atoms with Gasteiger partial charge in [0.25, 0.3) is 0 Å². The molecule has 3 rings (SSSR count). The Morgan fingerprint density at radius 1 is 1.29 bits per heavy atom. The lowest BCUT2D eigenvalue weighted by Crippen LogP contribution is -2.44. The van der Waals surface area contributed by atoms with Gasteiger partial charge in [-0.15, -0.1) is 22.7 Å². The molecular weight excluding hydrogens is 324 g/mol. The summed E-state index contributed by atoms with van der Waals surface area (Å²) in [5, 5.41) is 8.57. The molecule has 21 heavy (non-hydrogen) atoms. The lowest BCUT2D eigenvalue weighted by molar-refractivity contribution is -0.123. The fourth-order valence-corrected chi connectivity index (χ4v) is 4.56. The van der Waals surface area contributed by atoms with Crippen molar-refractivity contribution in [2.45, 2.75) is 31.3 Å². The van der Waals surface area contributed by atoms with E-state index in [4.69, 9.17) is 11.6 Å². The quantitative estimate of drug-likeness (QED) is 0.888. The average molecular weight is 341 g/mol. The number of nitrogens with one attached hydrogen (secondary N) is 2. The van der Waals surface area contributed by atoms with E-state index in [0.29, 0.717) is 0 Å². The summed E-state index contributed by atoms with van der Waals surface area (Å²) in [6.07, 6.45) is 3.00. The van der Waals surface area contributed by atoms with Crippen LogP contribution in [-0.4, -0.2) is 18.5 Å². The Morgan fingerprint density at radius 2 is 2.19 bits per heavy atom. The van der Waals surface area contributed by atoms with Crippen LogP contribution in [0.4, 0.5) is 0 Å². The Balaban J connectivity index is 1.84. The molecule has 0 aliphatic carbocycles. The van der Waals surface area contributed by atoms with Crippen molar-refractivity contribution >= 4 is 40.2 Å². The molecule has 1 aliphatic heterocycles. The van der Waals surface area contributed by atoms with Crippen molar-refractivity contribution in [3.05, 3.63) is 43.7 Å². The second-order valence-electron chi connectivity index (χ2n) is 5.10. The lowest BCUT2D eigenvalue weighted by Gasteiger charge is -2.22. The fraction of sp³-hybridized carbons (Fsp3) is 0.400. The Morgan fingerprint density at radius 3 is 2.90 bits per heavy atom. The van der Waals surface area contributed by atoms with Crippen LogP contribution in [0.2, 0.25) is 4.34 Å². The van der Waals surface area contributed by atoms with Gasteiger partial charge >= 0.3 is 0 Å². The maximum Gasteiger partial charge on any atom is 0.237 e. The number of carbonyl (C=O) groups excluding carboxylic acids is 1.